The van der Waals surface area contributed by atoms with Crippen molar-refractivity contribution in [3.05, 3.63) is 40.0 Å². The van der Waals surface area contributed by atoms with E-state index in [-0.39, 0.29) is 0 Å². The van der Waals surface area contributed by atoms with Crippen LogP contribution in [0.25, 0.3) is 0 Å². The maximum absolute atomic E-state index is 5.81. The smallest absolute Gasteiger partial charge is 0.140 e. The van der Waals surface area contributed by atoms with E-state index in [1.165, 1.54) is 0 Å². The Kier molecular flexibility index (Phi) is 4.39. The van der Waals surface area contributed by atoms with Crippen LogP contribution in [0.5, 0.6) is 0 Å². The molecule has 2 aromatic rings. The first kappa shape index (κ1) is 12.4. The van der Waals surface area contributed by atoms with E-state index in [1.54, 1.807) is 12.4 Å². The van der Waals surface area contributed by atoms with E-state index in [4.69, 9.17) is 11.6 Å². The molecule has 0 aliphatic heterocycles. The minimum Gasteiger partial charge on any atom is -0.369 e. The maximum atomic E-state index is 5.81. The van der Waals surface area contributed by atoms with Crippen molar-refractivity contribution < 1.29 is 0 Å². The van der Waals surface area contributed by atoms with Gasteiger partial charge in [0.1, 0.15) is 11.6 Å². The molecule has 0 unspecified atom stereocenters. The third kappa shape index (κ3) is 3.71. The number of pyridine rings is 1. The number of aromatic amines is 1. The van der Waals surface area contributed by atoms with Gasteiger partial charge in [0, 0.05) is 31.6 Å². The summed E-state index contributed by atoms with van der Waals surface area (Å²) < 4.78 is 0.878. The van der Waals surface area contributed by atoms with Crippen LogP contribution in [0, 0.1) is 0 Å². The molecule has 2 heterocycles. The van der Waals surface area contributed by atoms with Crippen molar-refractivity contribution in [3.8, 4) is 0 Å². The molecule has 2 aromatic heterocycles. The molecule has 17 heavy (non-hydrogen) atoms. The number of imidazole rings is 1. The molecular formula is C11H12BrClN4. The summed E-state index contributed by atoms with van der Waals surface area (Å²) in [7, 11) is 0. The number of hydrogen-bond acceptors (Lipinski definition) is 3. The van der Waals surface area contributed by atoms with Crippen LogP contribution in [0.2, 0.25) is 5.02 Å². The Morgan fingerprint density at radius 2 is 2.29 bits per heavy atom. The Balaban J connectivity index is 1.78. The summed E-state index contributed by atoms with van der Waals surface area (Å²) in [5, 5.41) is 3.87. The lowest BCUT2D eigenvalue weighted by molar-refractivity contribution is 0.813. The fraction of sp³-hybridized carbons (Fsp3) is 0.273. The predicted molar refractivity (Wildman–Crippen MR) is 72.3 cm³/mol. The first-order chi connectivity index (χ1) is 8.25. The van der Waals surface area contributed by atoms with Gasteiger partial charge in [0.15, 0.2) is 0 Å². The molecule has 0 fully saturated rings. The van der Waals surface area contributed by atoms with E-state index < -0.39 is 0 Å². The van der Waals surface area contributed by atoms with Gasteiger partial charge < -0.3 is 10.3 Å². The number of halogens is 2. The van der Waals surface area contributed by atoms with Gasteiger partial charge in [-0.3, -0.25) is 0 Å². The number of H-pyrrole nitrogens is 1. The molecule has 0 atom stereocenters. The van der Waals surface area contributed by atoms with Crippen LogP contribution in [0.15, 0.2) is 29.1 Å². The normalized spacial score (nSPS) is 10.5. The number of nitrogens with zero attached hydrogens (tertiary/aromatic N) is 2. The summed E-state index contributed by atoms with van der Waals surface area (Å²) >= 11 is 9.22. The minimum atomic E-state index is 0.623. The maximum Gasteiger partial charge on any atom is 0.140 e. The molecule has 0 aliphatic rings. The first-order valence-electron chi connectivity index (χ1n) is 5.29. The second-order valence-electron chi connectivity index (χ2n) is 3.55. The highest BCUT2D eigenvalue weighted by Gasteiger charge is 2.01. The van der Waals surface area contributed by atoms with Crippen LogP contribution < -0.4 is 5.32 Å². The third-order valence-electron chi connectivity index (χ3n) is 2.25. The van der Waals surface area contributed by atoms with E-state index in [2.05, 4.69) is 36.2 Å². The molecule has 0 bridgehead atoms. The van der Waals surface area contributed by atoms with E-state index in [0.717, 1.165) is 35.5 Å². The molecule has 0 spiro atoms. The van der Waals surface area contributed by atoms with Gasteiger partial charge >= 0.3 is 0 Å². The van der Waals surface area contributed by atoms with Crippen molar-refractivity contribution in [2.24, 2.45) is 0 Å². The largest absolute Gasteiger partial charge is 0.369 e. The summed E-state index contributed by atoms with van der Waals surface area (Å²) in [5.41, 5.74) is 0. The lowest BCUT2D eigenvalue weighted by atomic mass is 10.3. The lowest BCUT2D eigenvalue weighted by Crippen LogP contribution is -2.05. The molecule has 90 valence electrons. The fourth-order valence-corrected chi connectivity index (χ4v) is 2.22. The zero-order valence-corrected chi connectivity index (χ0v) is 11.4. The topological polar surface area (TPSA) is 53.6 Å². The fourth-order valence-electron chi connectivity index (χ4n) is 1.44. The van der Waals surface area contributed by atoms with Gasteiger partial charge in [0.05, 0.1) is 9.50 Å². The quantitative estimate of drug-likeness (QED) is 0.833. The Labute approximate surface area is 113 Å². The van der Waals surface area contributed by atoms with Crippen LogP contribution in [0.4, 0.5) is 5.82 Å². The van der Waals surface area contributed by atoms with Gasteiger partial charge in [-0.1, -0.05) is 11.6 Å². The van der Waals surface area contributed by atoms with Gasteiger partial charge in [-0.25, -0.2) is 9.97 Å². The lowest BCUT2D eigenvalue weighted by Gasteiger charge is -2.06. The zero-order valence-electron chi connectivity index (χ0n) is 9.08. The minimum absolute atomic E-state index is 0.623. The monoisotopic (exact) mass is 314 g/mol. The standard InChI is InChI=1S/C11H12BrClN4/c12-9-6-8(13)7-17-11(9)16-3-1-2-10-14-4-5-15-10/h4-7H,1-3H2,(H,14,15)(H,16,17). The van der Waals surface area contributed by atoms with E-state index >= 15 is 0 Å². The van der Waals surface area contributed by atoms with E-state index in [9.17, 15) is 0 Å². The highest BCUT2D eigenvalue weighted by atomic mass is 79.9. The van der Waals surface area contributed by atoms with Crippen molar-refractivity contribution >= 4 is 33.3 Å². The Hall–Kier alpha value is -1.07. The summed E-state index contributed by atoms with van der Waals surface area (Å²) in [6.45, 7) is 0.841. The number of rotatable bonds is 5. The van der Waals surface area contributed by atoms with Crippen LogP contribution in [0.1, 0.15) is 12.2 Å². The van der Waals surface area contributed by atoms with Crippen LogP contribution in [0.3, 0.4) is 0 Å². The highest BCUT2D eigenvalue weighted by Crippen LogP contribution is 2.22. The number of aryl methyl sites for hydroxylation is 1. The molecule has 0 aliphatic carbocycles. The van der Waals surface area contributed by atoms with E-state index in [0.29, 0.717) is 5.02 Å². The van der Waals surface area contributed by atoms with Crippen LogP contribution >= 0.6 is 27.5 Å². The number of anilines is 1. The van der Waals surface area contributed by atoms with Gasteiger partial charge in [-0.15, -0.1) is 0 Å². The summed E-state index contributed by atoms with van der Waals surface area (Å²) in [6, 6.07) is 1.82. The second kappa shape index (κ2) is 6.02. The SMILES string of the molecule is Clc1cnc(NCCCc2ncc[nH]2)c(Br)c1. The van der Waals surface area contributed by atoms with Crippen molar-refractivity contribution in [2.45, 2.75) is 12.8 Å². The molecule has 0 aromatic carbocycles. The Bertz CT molecular complexity index is 472. The van der Waals surface area contributed by atoms with Crippen molar-refractivity contribution in [1.29, 1.82) is 0 Å². The van der Waals surface area contributed by atoms with Crippen LogP contribution in [-0.4, -0.2) is 21.5 Å². The molecule has 6 heteroatoms. The molecule has 0 radical (unpaired) electrons. The van der Waals surface area contributed by atoms with Gasteiger partial charge in [-0.2, -0.15) is 0 Å². The second-order valence-corrected chi connectivity index (χ2v) is 4.84. The average Bonchev–Trinajstić information content (AvgIpc) is 2.79. The van der Waals surface area contributed by atoms with Crippen molar-refractivity contribution in [1.82, 2.24) is 15.0 Å². The molecule has 4 nitrogen and oxygen atoms in total. The molecular weight excluding hydrogens is 304 g/mol. The summed E-state index contributed by atoms with van der Waals surface area (Å²) in [6.07, 6.45) is 7.14. The molecule has 2 N–H and O–H groups in total. The van der Waals surface area contributed by atoms with Crippen molar-refractivity contribution in [2.75, 3.05) is 11.9 Å². The average molecular weight is 316 g/mol. The van der Waals surface area contributed by atoms with Gasteiger partial charge in [0.2, 0.25) is 0 Å². The number of hydrogen-bond donors (Lipinski definition) is 2. The predicted octanol–water partition coefficient (Wildman–Crippen LogP) is 3.27. The van der Waals surface area contributed by atoms with E-state index in [1.807, 2.05) is 12.3 Å². The Morgan fingerprint density at radius 3 is 3.00 bits per heavy atom. The molecule has 0 saturated heterocycles. The molecule has 2 rings (SSSR count). The first-order valence-corrected chi connectivity index (χ1v) is 6.46. The molecule has 0 saturated carbocycles. The van der Waals surface area contributed by atoms with Gasteiger partial charge in [0.25, 0.3) is 0 Å². The number of nitrogens with one attached hydrogen (secondary N) is 2. The van der Waals surface area contributed by atoms with Crippen LogP contribution in [-0.2, 0) is 6.42 Å². The number of aromatic nitrogens is 3. The zero-order chi connectivity index (χ0) is 12.1. The van der Waals surface area contributed by atoms with Gasteiger partial charge in [-0.05, 0) is 28.4 Å². The Morgan fingerprint density at radius 1 is 1.41 bits per heavy atom. The summed E-state index contributed by atoms with van der Waals surface area (Å²) in [4.78, 5) is 11.4. The van der Waals surface area contributed by atoms with Crippen molar-refractivity contribution in [3.63, 3.8) is 0 Å². The summed E-state index contributed by atoms with van der Waals surface area (Å²) in [5.74, 6) is 1.82. The third-order valence-corrected chi connectivity index (χ3v) is 3.06. The molecule has 0 amide bonds. The highest BCUT2D eigenvalue weighted by molar-refractivity contribution is 9.10.